The van der Waals surface area contributed by atoms with Crippen LogP contribution in [-0.2, 0) is 5.41 Å². The van der Waals surface area contributed by atoms with Gasteiger partial charge in [-0.25, -0.2) is 4.98 Å². The molecule has 0 aromatic carbocycles. The van der Waals surface area contributed by atoms with Gasteiger partial charge < -0.3 is 4.98 Å². The topological polar surface area (TPSA) is 28.7 Å². The first kappa shape index (κ1) is 10.5. The van der Waals surface area contributed by atoms with Gasteiger partial charge in [-0.3, -0.25) is 0 Å². The SMILES string of the molecule is CC1(c2nc(=S)cc(C3CCCC3)[nH]2)CC1. The van der Waals surface area contributed by atoms with E-state index >= 15 is 0 Å². The number of aromatic nitrogens is 2. The lowest BCUT2D eigenvalue weighted by Gasteiger charge is -2.14. The van der Waals surface area contributed by atoms with E-state index in [1.807, 2.05) is 0 Å². The molecule has 1 aromatic rings. The zero-order chi connectivity index (χ0) is 11.2. The Labute approximate surface area is 102 Å². The molecule has 16 heavy (non-hydrogen) atoms. The molecule has 0 spiro atoms. The van der Waals surface area contributed by atoms with Crippen LogP contribution in [0.5, 0.6) is 0 Å². The second-order valence-electron chi connectivity index (χ2n) is 5.57. The minimum absolute atomic E-state index is 0.294. The standard InChI is InChI=1S/C13H18N2S/c1-13(6-7-13)12-14-10(8-11(16)15-12)9-4-2-3-5-9/h8-9H,2-7H2,1H3,(H,14,15,16). The molecule has 0 radical (unpaired) electrons. The van der Waals surface area contributed by atoms with E-state index < -0.39 is 0 Å². The van der Waals surface area contributed by atoms with Crippen molar-refractivity contribution in [1.29, 1.82) is 0 Å². The highest BCUT2D eigenvalue weighted by Crippen LogP contribution is 2.46. The fourth-order valence-corrected chi connectivity index (χ4v) is 2.86. The highest BCUT2D eigenvalue weighted by atomic mass is 32.1. The lowest BCUT2D eigenvalue weighted by molar-refractivity contribution is 0.647. The molecule has 1 aromatic heterocycles. The van der Waals surface area contributed by atoms with Gasteiger partial charge in [-0.05, 0) is 37.7 Å². The van der Waals surface area contributed by atoms with Crippen LogP contribution in [0.1, 0.15) is 62.9 Å². The summed E-state index contributed by atoms with van der Waals surface area (Å²) in [5.74, 6) is 1.83. The molecule has 86 valence electrons. The van der Waals surface area contributed by atoms with E-state index in [0.717, 1.165) is 10.5 Å². The molecule has 2 fully saturated rings. The monoisotopic (exact) mass is 234 g/mol. The number of hydrogen-bond donors (Lipinski definition) is 1. The van der Waals surface area contributed by atoms with Crippen molar-refractivity contribution in [3.63, 3.8) is 0 Å². The highest BCUT2D eigenvalue weighted by molar-refractivity contribution is 7.71. The van der Waals surface area contributed by atoms with Crippen LogP contribution in [0.15, 0.2) is 6.07 Å². The summed E-state index contributed by atoms with van der Waals surface area (Å²) in [6.07, 6.45) is 7.84. The Bertz CT molecular complexity index is 453. The second-order valence-corrected chi connectivity index (χ2v) is 5.98. The summed E-state index contributed by atoms with van der Waals surface area (Å²) in [6.45, 7) is 2.28. The normalized spacial score (nSPS) is 23.6. The van der Waals surface area contributed by atoms with Crippen LogP contribution < -0.4 is 0 Å². The Balaban J connectivity index is 1.99. The second kappa shape index (κ2) is 3.66. The predicted molar refractivity (Wildman–Crippen MR) is 67.2 cm³/mol. The van der Waals surface area contributed by atoms with Crippen molar-refractivity contribution >= 4 is 12.2 Å². The first-order valence-corrected chi connectivity index (χ1v) is 6.70. The molecule has 2 nitrogen and oxygen atoms in total. The van der Waals surface area contributed by atoms with Gasteiger partial charge in [0.1, 0.15) is 10.5 Å². The molecule has 0 saturated heterocycles. The minimum Gasteiger partial charge on any atom is -0.346 e. The predicted octanol–water partition coefficient (Wildman–Crippen LogP) is 3.85. The highest BCUT2D eigenvalue weighted by Gasteiger charge is 2.41. The molecule has 0 amide bonds. The molecule has 0 atom stereocenters. The van der Waals surface area contributed by atoms with Crippen molar-refractivity contribution in [3.8, 4) is 0 Å². The van der Waals surface area contributed by atoms with Gasteiger partial charge >= 0.3 is 0 Å². The number of nitrogens with zero attached hydrogens (tertiary/aromatic N) is 1. The van der Waals surface area contributed by atoms with Crippen LogP contribution in [0.2, 0.25) is 0 Å². The number of rotatable bonds is 2. The Kier molecular flexibility index (Phi) is 2.39. The number of hydrogen-bond acceptors (Lipinski definition) is 2. The summed E-state index contributed by atoms with van der Waals surface area (Å²) in [4.78, 5) is 8.05. The van der Waals surface area contributed by atoms with Crippen LogP contribution in [0, 0.1) is 4.64 Å². The van der Waals surface area contributed by atoms with Gasteiger partial charge in [-0.2, -0.15) is 0 Å². The summed E-state index contributed by atoms with van der Waals surface area (Å²) in [7, 11) is 0. The summed E-state index contributed by atoms with van der Waals surface area (Å²) in [5, 5.41) is 0. The third-order valence-electron chi connectivity index (χ3n) is 4.13. The third-order valence-corrected chi connectivity index (χ3v) is 4.34. The van der Waals surface area contributed by atoms with Crippen LogP contribution in [0.3, 0.4) is 0 Å². The van der Waals surface area contributed by atoms with Crippen molar-refractivity contribution < 1.29 is 0 Å². The first-order valence-electron chi connectivity index (χ1n) is 6.29. The van der Waals surface area contributed by atoms with Crippen molar-refractivity contribution in [2.75, 3.05) is 0 Å². The van der Waals surface area contributed by atoms with E-state index in [4.69, 9.17) is 12.2 Å². The lowest BCUT2D eigenvalue weighted by Crippen LogP contribution is -2.10. The average Bonchev–Trinajstić information content (AvgIpc) is 2.83. The van der Waals surface area contributed by atoms with Crippen molar-refractivity contribution in [3.05, 3.63) is 22.2 Å². The Hall–Kier alpha value is -0.700. The molecule has 0 aliphatic heterocycles. The molecule has 1 N–H and O–H groups in total. The van der Waals surface area contributed by atoms with Crippen LogP contribution in [0.4, 0.5) is 0 Å². The molecular weight excluding hydrogens is 216 g/mol. The quantitative estimate of drug-likeness (QED) is 0.787. The van der Waals surface area contributed by atoms with Gasteiger partial charge in [0, 0.05) is 11.1 Å². The van der Waals surface area contributed by atoms with Crippen molar-refractivity contribution in [2.45, 2.75) is 56.8 Å². The van der Waals surface area contributed by atoms with E-state index in [1.54, 1.807) is 0 Å². The van der Waals surface area contributed by atoms with Crippen LogP contribution >= 0.6 is 12.2 Å². The van der Waals surface area contributed by atoms with E-state index in [1.165, 1.54) is 44.2 Å². The van der Waals surface area contributed by atoms with E-state index in [-0.39, 0.29) is 0 Å². The zero-order valence-corrected chi connectivity index (χ0v) is 10.6. The fourth-order valence-electron chi connectivity index (χ4n) is 2.64. The zero-order valence-electron chi connectivity index (χ0n) is 9.75. The number of H-pyrrole nitrogens is 1. The Morgan fingerprint density at radius 3 is 2.69 bits per heavy atom. The fraction of sp³-hybridized carbons (Fsp3) is 0.692. The van der Waals surface area contributed by atoms with E-state index in [2.05, 4.69) is 23.0 Å². The number of aromatic amines is 1. The van der Waals surface area contributed by atoms with Gasteiger partial charge in [-0.15, -0.1) is 0 Å². The summed E-state index contributed by atoms with van der Waals surface area (Å²) in [6, 6.07) is 2.07. The molecule has 3 rings (SSSR count). The van der Waals surface area contributed by atoms with Crippen molar-refractivity contribution in [1.82, 2.24) is 9.97 Å². The van der Waals surface area contributed by atoms with Crippen LogP contribution in [0.25, 0.3) is 0 Å². The number of nitrogens with one attached hydrogen (secondary N) is 1. The third kappa shape index (κ3) is 1.81. The summed E-state index contributed by atoms with van der Waals surface area (Å²) in [5.41, 5.74) is 1.63. The minimum atomic E-state index is 0.294. The molecule has 2 saturated carbocycles. The smallest absolute Gasteiger partial charge is 0.130 e. The molecule has 2 aliphatic rings. The van der Waals surface area contributed by atoms with Gasteiger partial charge in [0.15, 0.2) is 0 Å². The van der Waals surface area contributed by atoms with Gasteiger partial charge in [0.25, 0.3) is 0 Å². The van der Waals surface area contributed by atoms with E-state index in [0.29, 0.717) is 11.3 Å². The maximum Gasteiger partial charge on any atom is 0.130 e. The molecule has 0 unspecified atom stereocenters. The Morgan fingerprint density at radius 2 is 2.06 bits per heavy atom. The van der Waals surface area contributed by atoms with Gasteiger partial charge in [-0.1, -0.05) is 32.0 Å². The first-order chi connectivity index (χ1) is 7.67. The van der Waals surface area contributed by atoms with E-state index in [9.17, 15) is 0 Å². The molecule has 1 heterocycles. The molecule has 0 bridgehead atoms. The Morgan fingerprint density at radius 1 is 1.38 bits per heavy atom. The van der Waals surface area contributed by atoms with Gasteiger partial charge in [0.05, 0.1) is 0 Å². The molecule has 3 heteroatoms. The summed E-state index contributed by atoms with van der Waals surface area (Å²) >= 11 is 5.29. The average molecular weight is 234 g/mol. The van der Waals surface area contributed by atoms with Crippen LogP contribution in [-0.4, -0.2) is 9.97 Å². The maximum atomic E-state index is 5.29. The maximum absolute atomic E-state index is 5.29. The lowest BCUT2D eigenvalue weighted by atomic mass is 10.0. The largest absolute Gasteiger partial charge is 0.346 e. The van der Waals surface area contributed by atoms with Gasteiger partial charge in [0.2, 0.25) is 0 Å². The molecule has 2 aliphatic carbocycles. The molecular formula is C13H18N2S. The summed E-state index contributed by atoms with van der Waals surface area (Å²) < 4.78 is 0.767. The van der Waals surface area contributed by atoms with Crippen molar-refractivity contribution in [2.24, 2.45) is 0 Å².